The number of nitrogens with one attached hydrogen (secondary N) is 1. The Kier molecular flexibility index (Phi) is 9.43. The Morgan fingerprint density at radius 1 is 0.947 bits per heavy atom. The van der Waals surface area contributed by atoms with E-state index in [1.807, 2.05) is 0 Å². The number of unbranched alkanes of at least 4 members (excludes halogenated alkanes) is 3. The second-order valence-electron chi connectivity index (χ2n) is 5.47. The molecule has 1 heterocycles. The molecule has 4 nitrogen and oxygen atoms in total. The van der Waals surface area contributed by atoms with Crippen LogP contribution >= 0.6 is 0 Å². The van der Waals surface area contributed by atoms with Crippen molar-refractivity contribution in [2.24, 2.45) is 0 Å². The van der Waals surface area contributed by atoms with Crippen LogP contribution in [0, 0.1) is 0 Å². The smallest absolute Gasteiger partial charge is 0.0971 e. The van der Waals surface area contributed by atoms with E-state index in [-0.39, 0.29) is 12.2 Å². The van der Waals surface area contributed by atoms with Gasteiger partial charge in [0.1, 0.15) is 0 Å². The Labute approximate surface area is 118 Å². The van der Waals surface area contributed by atoms with Gasteiger partial charge in [0.25, 0.3) is 0 Å². The molecule has 1 aliphatic rings. The summed E-state index contributed by atoms with van der Waals surface area (Å²) >= 11 is 0. The molecule has 0 aromatic carbocycles. The second-order valence-corrected chi connectivity index (χ2v) is 5.47. The fourth-order valence-electron chi connectivity index (χ4n) is 2.69. The number of ether oxygens (including phenoxy) is 2. The van der Waals surface area contributed by atoms with Crippen molar-refractivity contribution in [2.45, 2.75) is 51.2 Å². The van der Waals surface area contributed by atoms with Gasteiger partial charge in [-0.25, -0.2) is 0 Å². The highest BCUT2D eigenvalue weighted by atomic mass is 16.5. The summed E-state index contributed by atoms with van der Waals surface area (Å²) in [6, 6.07) is 0. The zero-order valence-corrected chi connectivity index (χ0v) is 13.0. The fraction of sp³-hybridized carbons (Fsp3) is 1.00. The van der Waals surface area contributed by atoms with E-state index in [0.717, 1.165) is 19.6 Å². The first-order chi connectivity index (χ1) is 9.31. The molecule has 0 radical (unpaired) electrons. The lowest BCUT2D eigenvalue weighted by Crippen LogP contribution is -2.27. The molecular weight excluding hydrogens is 240 g/mol. The molecule has 4 heteroatoms. The van der Waals surface area contributed by atoms with Gasteiger partial charge >= 0.3 is 0 Å². The third kappa shape index (κ3) is 6.70. The van der Waals surface area contributed by atoms with E-state index < -0.39 is 0 Å². The summed E-state index contributed by atoms with van der Waals surface area (Å²) in [7, 11) is 3.56. The second kappa shape index (κ2) is 10.6. The summed E-state index contributed by atoms with van der Waals surface area (Å²) in [4.78, 5) is 2.47. The van der Waals surface area contributed by atoms with Gasteiger partial charge in [-0.15, -0.1) is 0 Å². The highest BCUT2D eigenvalue weighted by Crippen LogP contribution is 2.16. The summed E-state index contributed by atoms with van der Waals surface area (Å²) in [6.45, 7) is 7.77. The molecule has 0 aliphatic carbocycles. The van der Waals surface area contributed by atoms with Crippen LogP contribution < -0.4 is 5.32 Å². The van der Waals surface area contributed by atoms with Crippen LogP contribution in [0.15, 0.2) is 0 Å². The van der Waals surface area contributed by atoms with E-state index >= 15 is 0 Å². The largest absolute Gasteiger partial charge is 0.377 e. The lowest BCUT2D eigenvalue weighted by molar-refractivity contribution is -0.00461. The number of hydrogen-bond donors (Lipinski definition) is 1. The Balaban J connectivity index is 1.95. The van der Waals surface area contributed by atoms with Crippen molar-refractivity contribution >= 4 is 0 Å². The summed E-state index contributed by atoms with van der Waals surface area (Å²) in [6.07, 6.45) is 7.01. The lowest BCUT2D eigenvalue weighted by atomic mass is 10.2. The van der Waals surface area contributed by atoms with Crippen LogP contribution in [0.4, 0.5) is 0 Å². The van der Waals surface area contributed by atoms with Gasteiger partial charge in [0.05, 0.1) is 12.2 Å². The van der Waals surface area contributed by atoms with Crippen molar-refractivity contribution in [1.82, 2.24) is 10.2 Å². The highest BCUT2D eigenvalue weighted by Gasteiger charge is 2.32. The van der Waals surface area contributed by atoms with Gasteiger partial charge < -0.3 is 14.8 Å². The van der Waals surface area contributed by atoms with Crippen LogP contribution in [0.25, 0.3) is 0 Å². The van der Waals surface area contributed by atoms with Crippen molar-refractivity contribution in [1.29, 1.82) is 0 Å². The SMILES string of the molecule is CCCNCCCCCCN1CC(OC)C(OC)C1. The highest BCUT2D eigenvalue weighted by molar-refractivity contribution is 4.85. The third-order valence-corrected chi connectivity index (χ3v) is 3.90. The molecule has 1 N–H and O–H groups in total. The quantitative estimate of drug-likeness (QED) is 0.582. The summed E-state index contributed by atoms with van der Waals surface area (Å²) < 4.78 is 10.9. The van der Waals surface area contributed by atoms with Gasteiger partial charge in [-0.3, -0.25) is 4.90 Å². The third-order valence-electron chi connectivity index (χ3n) is 3.90. The molecule has 0 aromatic rings. The van der Waals surface area contributed by atoms with Crippen LogP contribution in [0.5, 0.6) is 0 Å². The van der Waals surface area contributed by atoms with Gasteiger partial charge in [0, 0.05) is 27.3 Å². The van der Waals surface area contributed by atoms with Crippen LogP contribution in [0.3, 0.4) is 0 Å². The minimum atomic E-state index is 0.253. The molecule has 1 rings (SSSR count). The van der Waals surface area contributed by atoms with Gasteiger partial charge in [0.2, 0.25) is 0 Å². The van der Waals surface area contributed by atoms with E-state index in [1.165, 1.54) is 45.2 Å². The summed E-state index contributed by atoms with van der Waals surface area (Å²) in [5.41, 5.74) is 0. The molecule has 1 aliphatic heterocycles. The van der Waals surface area contributed by atoms with E-state index in [1.54, 1.807) is 14.2 Å². The topological polar surface area (TPSA) is 33.7 Å². The Morgan fingerprint density at radius 2 is 1.58 bits per heavy atom. The van der Waals surface area contributed by atoms with Crippen molar-refractivity contribution in [2.75, 3.05) is 46.9 Å². The lowest BCUT2D eigenvalue weighted by Gasteiger charge is -2.14. The Bertz CT molecular complexity index is 202. The average molecular weight is 272 g/mol. The van der Waals surface area contributed by atoms with Gasteiger partial charge in [-0.05, 0) is 38.9 Å². The first-order valence-corrected chi connectivity index (χ1v) is 7.80. The molecule has 1 saturated heterocycles. The summed E-state index contributed by atoms with van der Waals surface area (Å²) in [5.74, 6) is 0. The minimum Gasteiger partial charge on any atom is -0.377 e. The van der Waals surface area contributed by atoms with Crippen molar-refractivity contribution < 1.29 is 9.47 Å². The first-order valence-electron chi connectivity index (χ1n) is 7.80. The predicted octanol–water partition coefficient (Wildman–Crippen LogP) is 1.89. The Morgan fingerprint density at radius 3 is 2.16 bits per heavy atom. The van der Waals surface area contributed by atoms with Gasteiger partial charge in [-0.1, -0.05) is 19.8 Å². The van der Waals surface area contributed by atoms with E-state index in [0.29, 0.717) is 0 Å². The molecule has 2 atom stereocenters. The maximum absolute atomic E-state index is 5.45. The van der Waals surface area contributed by atoms with E-state index in [2.05, 4.69) is 17.1 Å². The van der Waals surface area contributed by atoms with Crippen molar-refractivity contribution in [3.63, 3.8) is 0 Å². The molecule has 114 valence electrons. The normalized spacial score (nSPS) is 24.2. The fourth-order valence-corrected chi connectivity index (χ4v) is 2.69. The number of methoxy groups -OCH3 is 2. The van der Waals surface area contributed by atoms with Crippen LogP contribution in [0.2, 0.25) is 0 Å². The predicted molar refractivity (Wildman–Crippen MR) is 79.7 cm³/mol. The zero-order valence-electron chi connectivity index (χ0n) is 13.0. The Hall–Kier alpha value is -0.160. The number of nitrogens with zero attached hydrogens (tertiary/aromatic N) is 1. The van der Waals surface area contributed by atoms with E-state index in [9.17, 15) is 0 Å². The average Bonchev–Trinajstić information content (AvgIpc) is 2.84. The van der Waals surface area contributed by atoms with Gasteiger partial charge in [0.15, 0.2) is 0 Å². The molecule has 0 saturated carbocycles. The molecule has 1 fully saturated rings. The molecule has 0 spiro atoms. The van der Waals surface area contributed by atoms with E-state index in [4.69, 9.17) is 9.47 Å². The number of likely N-dealkylation sites (tertiary alicyclic amines) is 1. The van der Waals surface area contributed by atoms with Crippen LogP contribution in [0.1, 0.15) is 39.0 Å². The van der Waals surface area contributed by atoms with Crippen molar-refractivity contribution in [3.05, 3.63) is 0 Å². The molecule has 19 heavy (non-hydrogen) atoms. The maximum Gasteiger partial charge on any atom is 0.0971 e. The zero-order chi connectivity index (χ0) is 13.9. The van der Waals surface area contributed by atoms with Crippen LogP contribution in [-0.4, -0.2) is 64.1 Å². The maximum atomic E-state index is 5.45. The first kappa shape index (κ1) is 16.9. The minimum absolute atomic E-state index is 0.253. The molecular formula is C15H32N2O2. The number of rotatable bonds is 11. The monoisotopic (exact) mass is 272 g/mol. The molecule has 0 amide bonds. The van der Waals surface area contributed by atoms with Gasteiger partial charge in [-0.2, -0.15) is 0 Å². The molecule has 2 unspecified atom stereocenters. The standard InChI is InChI=1S/C15H32N2O2/c1-4-9-16-10-7-5-6-8-11-17-12-14(18-2)15(13-17)19-3/h14-16H,4-13H2,1-3H3. The number of hydrogen-bond acceptors (Lipinski definition) is 4. The van der Waals surface area contributed by atoms with Crippen molar-refractivity contribution in [3.8, 4) is 0 Å². The van der Waals surface area contributed by atoms with Crippen LogP contribution in [-0.2, 0) is 9.47 Å². The molecule has 0 aromatic heterocycles. The summed E-state index contributed by atoms with van der Waals surface area (Å²) in [5, 5.41) is 3.45. The molecule has 0 bridgehead atoms.